The molecule has 0 aromatic heterocycles. The van der Waals surface area contributed by atoms with Crippen molar-refractivity contribution in [1.82, 2.24) is 0 Å². The molecule has 9 heteroatoms. The van der Waals surface area contributed by atoms with E-state index in [0.29, 0.717) is 40.8 Å². The highest BCUT2D eigenvalue weighted by Gasteiger charge is 2.48. The highest BCUT2D eigenvalue weighted by Crippen LogP contribution is 2.47. The van der Waals surface area contributed by atoms with Crippen LogP contribution in [0.25, 0.3) is 11.1 Å². The van der Waals surface area contributed by atoms with Gasteiger partial charge in [-0.1, -0.05) is 54.6 Å². The number of phenolic OH excluding ortho intramolecular Hbond substituents is 1. The Bertz CT molecular complexity index is 1590. The summed E-state index contributed by atoms with van der Waals surface area (Å²) < 4.78 is 45.2. The maximum Gasteiger partial charge on any atom is 0.294 e. The third-order valence-corrected chi connectivity index (χ3v) is 7.95. The molecule has 3 N–H and O–H groups in total. The first-order chi connectivity index (χ1) is 18.6. The Morgan fingerprint density at radius 1 is 0.897 bits per heavy atom. The molecule has 0 radical (unpaired) electrons. The van der Waals surface area contributed by atoms with Gasteiger partial charge in [-0.2, -0.15) is 8.42 Å². The van der Waals surface area contributed by atoms with E-state index in [0.717, 1.165) is 0 Å². The molecule has 1 fully saturated rings. The lowest BCUT2D eigenvalue weighted by Gasteiger charge is -2.48. The van der Waals surface area contributed by atoms with Crippen molar-refractivity contribution in [3.05, 3.63) is 114 Å². The fraction of sp³-hybridized carbons (Fsp3) is 0.167. The first kappa shape index (κ1) is 26.6. The lowest BCUT2D eigenvalue weighted by atomic mass is 9.78. The van der Waals surface area contributed by atoms with Crippen LogP contribution in [0.1, 0.15) is 36.1 Å². The SMILES string of the molecule is O=C1C(CCC(O)c2ccc(F)cc2)C(c2ccc(-c3ccc(S(=O)(=O)O)cc3)c(O)c2)N1c1ccccc1. The van der Waals surface area contributed by atoms with Gasteiger partial charge >= 0.3 is 0 Å². The molecular formula is C30H26FNO6S. The summed E-state index contributed by atoms with van der Waals surface area (Å²) in [5.41, 5.74) is 3.00. The topological polar surface area (TPSA) is 115 Å². The number of amides is 1. The third kappa shape index (κ3) is 5.42. The summed E-state index contributed by atoms with van der Waals surface area (Å²) in [4.78, 5) is 14.7. The van der Waals surface area contributed by atoms with Gasteiger partial charge in [0.05, 0.1) is 23.0 Å². The fourth-order valence-electron chi connectivity index (χ4n) is 5.06. The molecule has 5 rings (SSSR count). The number of nitrogens with zero attached hydrogens (tertiary/aromatic N) is 1. The highest BCUT2D eigenvalue weighted by molar-refractivity contribution is 7.85. The first-order valence-corrected chi connectivity index (χ1v) is 13.8. The van der Waals surface area contributed by atoms with Crippen molar-refractivity contribution in [2.45, 2.75) is 29.9 Å². The zero-order valence-corrected chi connectivity index (χ0v) is 21.5. The largest absolute Gasteiger partial charge is 0.507 e. The monoisotopic (exact) mass is 547 g/mol. The summed E-state index contributed by atoms with van der Waals surface area (Å²) in [6, 6.07) is 25.0. The molecule has 0 spiro atoms. The Hall–Kier alpha value is -4.05. The van der Waals surface area contributed by atoms with Crippen LogP contribution in [0.3, 0.4) is 0 Å². The number of rotatable bonds is 8. The zero-order valence-electron chi connectivity index (χ0n) is 20.7. The van der Waals surface area contributed by atoms with Gasteiger partial charge in [-0.3, -0.25) is 9.35 Å². The van der Waals surface area contributed by atoms with Gasteiger partial charge < -0.3 is 15.1 Å². The van der Waals surface area contributed by atoms with Crippen LogP contribution >= 0.6 is 0 Å². The molecule has 4 aromatic carbocycles. The number of halogens is 1. The van der Waals surface area contributed by atoms with Gasteiger partial charge in [0.1, 0.15) is 11.6 Å². The van der Waals surface area contributed by atoms with E-state index < -0.39 is 28.0 Å². The van der Waals surface area contributed by atoms with Crippen LogP contribution in [0.4, 0.5) is 10.1 Å². The molecule has 0 saturated carbocycles. The maximum atomic E-state index is 13.3. The zero-order chi connectivity index (χ0) is 27.7. The summed E-state index contributed by atoms with van der Waals surface area (Å²) in [7, 11) is -4.34. The van der Waals surface area contributed by atoms with Gasteiger partial charge in [-0.15, -0.1) is 0 Å². The number of benzene rings is 4. The number of hydrogen-bond acceptors (Lipinski definition) is 5. The van der Waals surface area contributed by atoms with Crippen molar-refractivity contribution in [3.63, 3.8) is 0 Å². The number of β-lactam (4-membered cyclic amide) rings is 1. The molecule has 1 amide bonds. The van der Waals surface area contributed by atoms with Gasteiger partial charge in [0, 0.05) is 11.3 Å². The van der Waals surface area contributed by atoms with Crippen molar-refractivity contribution in [3.8, 4) is 16.9 Å². The number of carbonyl (C=O) groups excluding carboxylic acids is 1. The summed E-state index contributed by atoms with van der Waals surface area (Å²) >= 11 is 0. The molecule has 200 valence electrons. The second kappa shape index (κ2) is 10.6. The van der Waals surface area contributed by atoms with E-state index in [2.05, 4.69) is 0 Å². The Balaban J connectivity index is 1.42. The Labute approximate surface area is 225 Å². The van der Waals surface area contributed by atoms with E-state index in [1.54, 1.807) is 17.0 Å². The molecule has 7 nitrogen and oxygen atoms in total. The second-order valence-corrected chi connectivity index (χ2v) is 10.9. The van der Waals surface area contributed by atoms with Gasteiger partial charge in [-0.25, -0.2) is 4.39 Å². The van der Waals surface area contributed by atoms with Crippen molar-refractivity contribution in [1.29, 1.82) is 0 Å². The molecular weight excluding hydrogens is 521 g/mol. The molecule has 1 saturated heterocycles. The van der Waals surface area contributed by atoms with Gasteiger partial charge in [-0.05, 0) is 72.0 Å². The number of aliphatic hydroxyl groups excluding tert-OH is 1. The van der Waals surface area contributed by atoms with Crippen molar-refractivity contribution in [2.75, 3.05) is 4.90 Å². The van der Waals surface area contributed by atoms with Crippen LogP contribution in [-0.2, 0) is 14.9 Å². The lowest BCUT2D eigenvalue weighted by molar-refractivity contribution is -0.131. The van der Waals surface area contributed by atoms with E-state index in [4.69, 9.17) is 0 Å². The van der Waals surface area contributed by atoms with Crippen LogP contribution in [0.2, 0.25) is 0 Å². The average molecular weight is 548 g/mol. The van der Waals surface area contributed by atoms with Gasteiger partial charge in [0.15, 0.2) is 0 Å². The van der Waals surface area contributed by atoms with Crippen LogP contribution in [0.5, 0.6) is 5.75 Å². The first-order valence-electron chi connectivity index (χ1n) is 12.4. The number of aliphatic hydroxyl groups is 1. The van der Waals surface area contributed by atoms with Gasteiger partial charge in [0.25, 0.3) is 10.1 Å². The highest BCUT2D eigenvalue weighted by atomic mass is 32.2. The summed E-state index contributed by atoms with van der Waals surface area (Å²) in [5, 5.41) is 21.5. The molecule has 4 aromatic rings. The van der Waals surface area contributed by atoms with Crippen LogP contribution in [-0.4, -0.2) is 29.1 Å². The summed E-state index contributed by atoms with van der Waals surface area (Å²) in [6.45, 7) is 0. The quantitative estimate of drug-likeness (QED) is 0.194. The fourth-order valence-corrected chi connectivity index (χ4v) is 5.54. The molecule has 3 unspecified atom stereocenters. The summed E-state index contributed by atoms with van der Waals surface area (Å²) in [5.74, 6) is -0.984. The van der Waals surface area contributed by atoms with Crippen molar-refractivity contribution >= 4 is 21.7 Å². The van der Waals surface area contributed by atoms with Crippen molar-refractivity contribution < 1.29 is 32.4 Å². The van der Waals surface area contributed by atoms with Crippen LogP contribution < -0.4 is 4.90 Å². The van der Waals surface area contributed by atoms with Crippen molar-refractivity contribution in [2.24, 2.45) is 5.92 Å². The molecule has 1 heterocycles. The molecule has 3 atom stereocenters. The molecule has 0 aliphatic carbocycles. The van der Waals surface area contributed by atoms with E-state index in [1.165, 1.54) is 48.5 Å². The molecule has 1 aliphatic rings. The number of para-hydroxylation sites is 1. The minimum Gasteiger partial charge on any atom is -0.507 e. The lowest BCUT2D eigenvalue weighted by Crippen LogP contribution is -2.55. The van der Waals surface area contributed by atoms with E-state index in [9.17, 15) is 32.4 Å². The smallest absolute Gasteiger partial charge is 0.294 e. The normalized spacial score (nSPS) is 18.0. The predicted octanol–water partition coefficient (Wildman–Crippen LogP) is 5.66. The third-order valence-electron chi connectivity index (χ3n) is 7.08. The Morgan fingerprint density at radius 3 is 2.18 bits per heavy atom. The molecule has 39 heavy (non-hydrogen) atoms. The van der Waals surface area contributed by atoms with E-state index >= 15 is 0 Å². The Kier molecular flexibility index (Phi) is 7.22. The maximum absolute atomic E-state index is 13.3. The van der Waals surface area contributed by atoms with Crippen LogP contribution in [0.15, 0.2) is 102 Å². The number of hydrogen-bond donors (Lipinski definition) is 3. The molecule has 0 bridgehead atoms. The van der Waals surface area contributed by atoms with E-state index in [1.807, 2.05) is 36.4 Å². The number of aromatic hydroxyl groups is 1. The van der Waals surface area contributed by atoms with Crippen LogP contribution in [0, 0.1) is 11.7 Å². The number of phenols is 1. The standard InChI is InChI=1S/C30H26FNO6S/c31-22-11-6-20(7-12-22)27(33)17-16-26-29(32(30(26)35)23-4-2-1-3-5-23)21-10-15-25(28(34)18-21)19-8-13-24(14-9-19)39(36,37)38/h1-15,18,26-27,29,33-34H,16-17H2,(H,36,37,38). The Morgan fingerprint density at radius 2 is 1.56 bits per heavy atom. The minimum absolute atomic E-state index is 0.0513. The number of carbonyl (C=O) groups is 1. The summed E-state index contributed by atoms with van der Waals surface area (Å²) in [6.07, 6.45) is -0.178. The number of anilines is 1. The second-order valence-electron chi connectivity index (χ2n) is 9.52. The predicted molar refractivity (Wildman–Crippen MR) is 144 cm³/mol. The minimum atomic E-state index is -4.34. The van der Waals surface area contributed by atoms with Gasteiger partial charge in [0.2, 0.25) is 5.91 Å². The average Bonchev–Trinajstić information content (AvgIpc) is 2.92. The van der Waals surface area contributed by atoms with E-state index in [-0.39, 0.29) is 22.6 Å². The molecule has 1 aliphatic heterocycles.